The van der Waals surface area contributed by atoms with E-state index in [1.54, 1.807) is 39.7 Å². The Kier molecular flexibility index (Phi) is 6.36. The summed E-state index contributed by atoms with van der Waals surface area (Å²) < 4.78 is 24.1. The molecule has 0 aliphatic heterocycles. The van der Waals surface area contributed by atoms with Crippen LogP contribution in [0.1, 0.15) is 17.0 Å². The lowest BCUT2D eigenvalue weighted by Crippen LogP contribution is -1.97. The van der Waals surface area contributed by atoms with E-state index in [0.717, 1.165) is 10.8 Å². The van der Waals surface area contributed by atoms with Gasteiger partial charge in [0.05, 0.1) is 27.1 Å². The van der Waals surface area contributed by atoms with Crippen LogP contribution in [0.2, 0.25) is 0 Å². The molecule has 4 aromatic rings. The molecular formula is C23H24N4O4S. The molecule has 2 aromatic heterocycles. The SMILES string of the molecule is COc1cc(-c2nnc(CSc3nccn3-c3cc(C)cc(C)c3)o2)cc(OC)c1OC. The van der Waals surface area contributed by atoms with Gasteiger partial charge in [-0.2, -0.15) is 0 Å². The van der Waals surface area contributed by atoms with Gasteiger partial charge in [0.1, 0.15) is 0 Å². The lowest BCUT2D eigenvalue weighted by atomic mass is 10.1. The van der Waals surface area contributed by atoms with Crippen LogP contribution in [0.5, 0.6) is 17.2 Å². The molecule has 0 radical (unpaired) electrons. The highest BCUT2D eigenvalue weighted by Crippen LogP contribution is 2.41. The molecule has 0 saturated heterocycles. The summed E-state index contributed by atoms with van der Waals surface area (Å²) >= 11 is 1.53. The fourth-order valence-electron chi connectivity index (χ4n) is 3.44. The summed E-state index contributed by atoms with van der Waals surface area (Å²) in [6.07, 6.45) is 3.74. The molecule has 0 amide bonds. The standard InChI is InChI=1S/C23H24N4O4S/c1-14-8-15(2)10-17(9-14)27-7-6-24-23(27)32-13-20-25-26-22(31-20)16-11-18(28-3)21(30-5)19(12-16)29-4/h6-12H,13H2,1-5H3. The Morgan fingerprint density at radius 3 is 2.22 bits per heavy atom. The Bertz CT molecular complexity index is 1190. The molecule has 2 heterocycles. The van der Waals surface area contributed by atoms with Crippen molar-refractivity contribution in [1.82, 2.24) is 19.7 Å². The molecule has 0 bridgehead atoms. The van der Waals surface area contributed by atoms with E-state index in [9.17, 15) is 0 Å². The number of aryl methyl sites for hydroxylation is 2. The van der Waals surface area contributed by atoms with Gasteiger partial charge in [0.2, 0.25) is 17.5 Å². The molecular weight excluding hydrogens is 428 g/mol. The Labute approximate surface area is 190 Å². The van der Waals surface area contributed by atoms with Crippen molar-refractivity contribution >= 4 is 11.8 Å². The van der Waals surface area contributed by atoms with Crippen molar-refractivity contribution in [3.63, 3.8) is 0 Å². The highest BCUT2D eigenvalue weighted by Gasteiger charge is 2.18. The van der Waals surface area contributed by atoms with Gasteiger partial charge in [0.25, 0.3) is 0 Å². The van der Waals surface area contributed by atoms with E-state index < -0.39 is 0 Å². The van der Waals surface area contributed by atoms with E-state index >= 15 is 0 Å². The summed E-state index contributed by atoms with van der Waals surface area (Å²) in [7, 11) is 4.69. The number of ether oxygens (including phenoxy) is 3. The van der Waals surface area contributed by atoms with Crippen LogP contribution in [0.15, 0.2) is 52.3 Å². The second-order valence-corrected chi connectivity index (χ2v) is 8.07. The molecule has 0 spiro atoms. The van der Waals surface area contributed by atoms with Gasteiger partial charge in [-0.15, -0.1) is 10.2 Å². The van der Waals surface area contributed by atoms with Crippen molar-refractivity contribution < 1.29 is 18.6 Å². The third-order valence-corrected chi connectivity index (χ3v) is 5.75. The average molecular weight is 453 g/mol. The van der Waals surface area contributed by atoms with Crippen molar-refractivity contribution in [3.8, 4) is 34.4 Å². The topological polar surface area (TPSA) is 84.4 Å². The Balaban J connectivity index is 1.54. The van der Waals surface area contributed by atoms with E-state index in [4.69, 9.17) is 18.6 Å². The van der Waals surface area contributed by atoms with E-state index in [1.165, 1.54) is 22.9 Å². The number of rotatable bonds is 8. The predicted octanol–water partition coefficient (Wildman–Crippen LogP) is 4.86. The number of imidazole rings is 1. The van der Waals surface area contributed by atoms with Gasteiger partial charge in [-0.1, -0.05) is 17.8 Å². The monoisotopic (exact) mass is 452 g/mol. The predicted molar refractivity (Wildman–Crippen MR) is 122 cm³/mol. The molecule has 4 rings (SSSR count). The van der Waals surface area contributed by atoms with Crippen LogP contribution < -0.4 is 14.2 Å². The molecule has 0 fully saturated rings. The molecule has 0 atom stereocenters. The third-order valence-electron chi connectivity index (χ3n) is 4.79. The summed E-state index contributed by atoms with van der Waals surface area (Å²) in [6, 6.07) is 9.97. The molecule has 0 aliphatic rings. The Hall–Kier alpha value is -3.46. The Morgan fingerprint density at radius 2 is 1.59 bits per heavy atom. The van der Waals surface area contributed by atoms with Crippen LogP contribution in [0.4, 0.5) is 0 Å². The number of benzene rings is 2. The van der Waals surface area contributed by atoms with Crippen LogP contribution in [0.25, 0.3) is 17.1 Å². The zero-order valence-electron chi connectivity index (χ0n) is 18.6. The number of thioether (sulfide) groups is 1. The van der Waals surface area contributed by atoms with Gasteiger partial charge in [0, 0.05) is 23.6 Å². The summed E-state index contributed by atoms with van der Waals surface area (Å²) in [5.74, 6) is 2.90. The summed E-state index contributed by atoms with van der Waals surface area (Å²) in [5.41, 5.74) is 4.17. The van der Waals surface area contributed by atoms with E-state index in [0.29, 0.717) is 40.3 Å². The zero-order chi connectivity index (χ0) is 22.7. The largest absolute Gasteiger partial charge is 0.493 e. The fraction of sp³-hybridized carbons (Fsp3) is 0.261. The van der Waals surface area contributed by atoms with Crippen LogP contribution in [-0.4, -0.2) is 41.1 Å². The van der Waals surface area contributed by atoms with Crippen molar-refractivity contribution in [1.29, 1.82) is 0 Å². The van der Waals surface area contributed by atoms with Crippen LogP contribution in [-0.2, 0) is 5.75 Å². The Morgan fingerprint density at radius 1 is 0.906 bits per heavy atom. The normalized spacial score (nSPS) is 10.9. The van der Waals surface area contributed by atoms with Crippen LogP contribution in [0, 0.1) is 13.8 Å². The first-order valence-corrected chi connectivity index (χ1v) is 10.9. The van der Waals surface area contributed by atoms with E-state index in [1.807, 2.05) is 6.20 Å². The molecule has 2 aromatic carbocycles. The van der Waals surface area contributed by atoms with Gasteiger partial charge in [-0.25, -0.2) is 4.98 Å². The van der Waals surface area contributed by atoms with E-state index in [2.05, 4.69) is 51.8 Å². The maximum absolute atomic E-state index is 5.89. The minimum Gasteiger partial charge on any atom is -0.493 e. The molecule has 9 heteroatoms. The number of hydrogen-bond donors (Lipinski definition) is 0. The molecule has 0 N–H and O–H groups in total. The van der Waals surface area contributed by atoms with Crippen LogP contribution >= 0.6 is 11.8 Å². The number of hydrogen-bond acceptors (Lipinski definition) is 8. The molecule has 0 unspecified atom stereocenters. The van der Waals surface area contributed by atoms with Gasteiger partial charge in [-0.05, 0) is 49.2 Å². The number of nitrogens with zero attached hydrogens (tertiary/aromatic N) is 4. The maximum atomic E-state index is 5.89. The fourth-order valence-corrected chi connectivity index (χ4v) is 4.25. The van der Waals surface area contributed by atoms with Gasteiger partial charge >= 0.3 is 0 Å². The maximum Gasteiger partial charge on any atom is 0.248 e. The second kappa shape index (κ2) is 9.35. The average Bonchev–Trinajstić information content (AvgIpc) is 3.45. The lowest BCUT2D eigenvalue weighted by molar-refractivity contribution is 0.324. The third kappa shape index (κ3) is 4.43. The van der Waals surface area contributed by atoms with Gasteiger partial charge in [-0.3, -0.25) is 4.57 Å². The highest BCUT2D eigenvalue weighted by atomic mass is 32.2. The molecule has 8 nitrogen and oxygen atoms in total. The summed E-state index contributed by atoms with van der Waals surface area (Å²) in [4.78, 5) is 4.49. The molecule has 166 valence electrons. The van der Waals surface area contributed by atoms with Crippen molar-refractivity contribution in [2.24, 2.45) is 0 Å². The lowest BCUT2D eigenvalue weighted by Gasteiger charge is -2.12. The number of methoxy groups -OCH3 is 3. The van der Waals surface area contributed by atoms with Crippen molar-refractivity contribution in [2.45, 2.75) is 24.8 Å². The first-order valence-electron chi connectivity index (χ1n) is 9.90. The molecule has 0 aliphatic carbocycles. The summed E-state index contributed by atoms with van der Waals surface area (Å²) in [6.45, 7) is 4.17. The first kappa shape index (κ1) is 21.8. The molecule has 0 saturated carbocycles. The minimum absolute atomic E-state index is 0.373. The molecule has 32 heavy (non-hydrogen) atoms. The quantitative estimate of drug-likeness (QED) is 0.351. The minimum atomic E-state index is 0.373. The highest BCUT2D eigenvalue weighted by molar-refractivity contribution is 7.98. The number of aromatic nitrogens is 4. The van der Waals surface area contributed by atoms with Crippen LogP contribution in [0.3, 0.4) is 0 Å². The second-order valence-electron chi connectivity index (χ2n) is 7.13. The van der Waals surface area contributed by atoms with Gasteiger partial charge in [0.15, 0.2) is 16.7 Å². The van der Waals surface area contributed by atoms with Crippen molar-refractivity contribution in [3.05, 3.63) is 59.7 Å². The van der Waals surface area contributed by atoms with E-state index in [-0.39, 0.29) is 0 Å². The first-order chi connectivity index (χ1) is 15.5. The van der Waals surface area contributed by atoms with Gasteiger partial charge < -0.3 is 18.6 Å². The smallest absolute Gasteiger partial charge is 0.248 e. The van der Waals surface area contributed by atoms with Crippen molar-refractivity contribution in [2.75, 3.05) is 21.3 Å². The summed E-state index contributed by atoms with van der Waals surface area (Å²) in [5, 5.41) is 9.23. The zero-order valence-corrected chi connectivity index (χ0v) is 19.4.